The van der Waals surface area contributed by atoms with Gasteiger partial charge in [-0.1, -0.05) is 29.5 Å². The van der Waals surface area contributed by atoms with E-state index in [-0.39, 0.29) is 0 Å². The van der Waals surface area contributed by atoms with Gasteiger partial charge in [0.2, 0.25) is 0 Å². The molecule has 1 N–H and O–H groups in total. The van der Waals surface area contributed by atoms with E-state index in [4.69, 9.17) is 5.21 Å². The highest BCUT2D eigenvalue weighted by molar-refractivity contribution is 5.83. The molecular formula is C12H19NO. The first kappa shape index (κ1) is 11.0. The molecular weight excluding hydrogens is 174 g/mol. The Balaban J connectivity index is 2.41. The van der Waals surface area contributed by atoms with Gasteiger partial charge in [-0.25, -0.2) is 0 Å². The van der Waals surface area contributed by atoms with Crippen molar-refractivity contribution in [2.75, 3.05) is 0 Å². The SMILES string of the molecule is ON=C1CCC=CCCC=CCCC1. The van der Waals surface area contributed by atoms with E-state index in [1.807, 2.05) is 0 Å². The van der Waals surface area contributed by atoms with Gasteiger partial charge in [0.25, 0.3) is 0 Å². The molecule has 0 fully saturated rings. The van der Waals surface area contributed by atoms with E-state index >= 15 is 0 Å². The van der Waals surface area contributed by atoms with Crippen LogP contribution in [0, 0.1) is 0 Å². The molecule has 2 nitrogen and oxygen atoms in total. The third-order valence-electron chi connectivity index (χ3n) is 2.41. The van der Waals surface area contributed by atoms with Gasteiger partial charge in [0.1, 0.15) is 0 Å². The van der Waals surface area contributed by atoms with Crippen molar-refractivity contribution >= 4 is 5.71 Å². The van der Waals surface area contributed by atoms with Crippen LogP contribution in [-0.2, 0) is 0 Å². The molecule has 0 atom stereocenters. The molecule has 1 rings (SSSR count). The van der Waals surface area contributed by atoms with Crippen molar-refractivity contribution in [2.45, 2.75) is 44.9 Å². The minimum atomic E-state index is 0.900. The average Bonchev–Trinajstić information content (AvgIpc) is 2.19. The summed E-state index contributed by atoms with van der Waals surface area (Å²) in [5, 5.41) is 12.1. The molecule has 0 saturated heterocycles. The summed E-state index contributed by atoms with van der Waals surface area (Å²) < 4.78 is 0. The lowest BCUT2D eigenvalue weighted by Gasteiger charge is -2.02. The quantitative estimate of drug-likeness (QED) is 0.355. The largest absolute Gasteiger partial charge is 0.411 e. The van der Waals surface area contributed by atoms with Crippen LogP contribution in [0.25, 0.3) is 0 Å². The number of allylic oxidation sites excluding steroid dienone is 4. The highest BCUT2D eigenvalue weighted by Gasteiger charge is 1.98. The molecule has 0 amide bonds. The van der Waals surface area contributed by atoms with Gasteiger partial charge >= 0.3 is 0 Å². The van der Waals surface area contributed by atoms with Gasteiger partial charge in [0, 0.05) is 0 Å². The van der Waals surface area contributed by atoms with Crippen molar-refractivity contribution in [3.05, 3.63) is 24.3 Å². The Bertz CT molecular complexity index is 228. The second-order valence-corrected chi connectivity index (χ2v) is 3.62. The lowest BCUT2D eigenvalue weighted by Crippen LogP contribution is -1.97. The van der Waals surface area contributed by atoms with Crippen LogP contribution < -0.4 is 0 Å². The van der Waals surface area contributed by atoms with E-state index in [2.05, 4.69) is 29.5 Å². The average molecular weight is 193 g/mol. The molecule has 1 aliphatic carbocycles. The number of oxime groups is 1. The van der Waals surface area contributed by atoms with Crippen LogP contribution in [0.5, 0.6) is 0 Å². The normalized spacial score (nSPS) is 23.0. The fourth-order valence-electron chi connectivity index (χ4n) is 1.56. The second kappa shape index (κ2) is 7.36. The smallest absolute Gasteiger partial charge is 0.0574 e. The van der Waals surface area contributed by atoms with Gasteiger partial charge in [-0.15, -0.1) is 0 Å². The Kier molecular flexibility index (Phi) is 5.80. The summed E-state index contributed by atoms with van der Waals surface area (Å²) in [5.41, 5.74) is 0.934. The first-order chi connectivity index (χ1) is 6.93. The van der Waals surface area contributed by atoms with Gasteiger partial charge in [-0.05, 0) is 44.9 Å². The summed E-state index contributed by atoms with van der Waals surface area (Å²) in [6, 6.07) is 0. The van der Waals surface area contributed by atoms with E-state index in [0.29, 0.717) is 0 Å². The summed E-state index contributed by atoms with van der Waals surface area (Å²) in [6.07, 6.45) is 16.2. The van der Waals surface area contributed by atoms with Crippen molar-refractivity contribution in [3.8, 4) is 0 Å². The van der Waals surface area contributed by atoms with Crippen LogP contribution in [-0.4, -0.2) is 10.9 Å². The molecule has 0 aromatic heterocycles. The van der Waals surface area contributed by atoms with E-state index in [1.165, 1.54) is 0 Å². The summed E-state index contributed by atoms with van der Waals surface area (Å²) in [6.45, 7) is 0. The minimum absolute atomic E-state index is 0.900. The molecule has 0 spiro atoms. The molecule has 14 heavy (non-hydrogen) atoms. The molecule has 0 aliphatic heterocycles. The molecule has 1 aliphatic rings. The molecule has 2 heteroatoms. The molecule has 0 unspecified atom stereocenters. The Morgan fingerprint density at radius 3 is 2.21 bits per heavy atom. The van der Waals surface area contributed by atoms with Crippen molar-refractivity contribution < 1.29 is 5.21 Å². The standard InChI is InChI=1S/C12H19NO/c14-13-12-10-8-6-4-2-1-3-5-7-9-11-12/h2,4-5,7,14H,1,3,6,8-11H2. The van der Waals surface area contributed by atoms with E-state index in [0.717, 1.165) is 50.7 Å². The van der Waals surface area contributed by atoms with Crippen LogP contribution in [0.4, 0.5) is 0 Å². The molecule has 0 radical (unpaired) electrons. The van der Waals surface area contributed by atoms with Gasteiger partial charge in [0.15, 0.2) is 0 Å². The van der Waals surface area contributed by atoms with Gasteiger partial charge in [-0.2, -0.15) is 0 Å². The van der Waals surface area contributed by atoms with Gasteiger partial charge < -0.3 is 5.21 Å². The predicted molar refractivity (Wildman–Crippen MR) is 59.8 cm³/mol. The fourth-order valence-corrected chi connectivity index (χ4v) is 1.56. The Morgan fingerprint density at radius 2 is 1.50 bits per heavy atom. The molecule has 0 saturated carbocycles. The number of hydrogen-bond donors (Lipinski definition) is 1. The van der Waals surface area contributed by atoms with Crippen LogP contribution in [0.15, 0.2) is 29.5 Å². The third kappa shape index (κ3) is 4.85. The van der Waals surface area contributed by atoms with Crippen LogP contribution in [0.2, 0.25) is 0 Å². The first-order valence-electron chi connectivity index (χ1n) is 5.43. The summed E-state index contributed by atoms with van der Waals surface area (Å²) in [4.78, 5) is 0. The summed E-state index contributed by atoms with van der Waals surface area (Å²) in [5.74, 6) is 0. The Morgan fingerprint density at radius 1 is 0.857 bits per heavy atom. The minimum Gasteiger partial charge on any atom is -0.411 e. The van der Waals surface area contributed by atoms with E-state index in [1.54, 1.807) is 0 Å². The van der Waals surface area contributed by atoms with Crippen LogP contribution in [0.3, 0.4) is 0 Å². The zero-order chi connectivity index (χ0) is 10.1. The lowest BCUT2D eigenvalue weighted by atomic mass is 10.1. The third-order valence-corrected chi connectivity index (χ3v) is 2.41. The fraction of sp³-hybridized carbons (Fsp3) is 0.583. The zero-order valence-corrected chi connectivity index (χ0v) is 8.65. The number of hydrogen-bond acceptors (Lipinski definition) is 2. The van der Waals surface area contributed by atoms with Gasteiger partial charge in [0.05, 0.1) is 5.71 Å². The summed E-state index contributed by atoms with van der Waals surface area (Å²) >= 11 is 0. The molecule has 0 heterocycles. The highest BCUT2D eigenvalue weighted by Crippen LogP contribution is 2.07. The topological polar surface area (TPSA) is 32.6 Å². The first-order valence-corrected chi connectivity index (χ1v) is 5.43. The summed E-state index contributed by atoms with van der Waals surface area (Å²) in [7, 11) is 0. The maximum absolute atomic E-state index is 8.74. The van der Waals surface area contributed by atoms with E-state index < -0.39 is 0 Å². The van der Waals surface area contributed by atoms with E-state index in [9.17, 15) is 0 Å². The second-order valence-electron chi connectivity index (χ2n) is 3.62. The van der Waals surface area contributed by atoms with Gasteiger partial charge in [-0.3, -0.25) is 0 Å². The highest BCUT2D eigenvalue weighted by atomic mass is 16.4. The molecule has 0 bridgehead atoms. The van der Waals surface area contributed by atoms with Crippen LogP contribution >= 0.6 is 0 Å². The van der Waals surface area contributed by atoms with Crippen molar-refractivity contribution in [1.82, 2.24) is 0 Å². The van der Waals surface area contributed by atoms with Crippen molar-refractivity contribution in [2.24, 2.45) is 5.16 Å². The van der Waals surface area contributed by atoms with Crippen LogP contribution in [0.1, 0.15) is 44.9 Å². The lowest BCUT2D eigenvalue weighted by molar-refractivity contribution is 0.316. The Hall–Kier alpha value is -1.05. The predicted octanol–water partition coefficient (Wildman–Crippen LogP) is 3.67. The maximum atomic E-state index is 8.74. The maximum Gasteiger partial charge on any atom is 0.0574 e. The van der Waals surface area contributed by atoms with Crippen molar-refractivity contribution in [3.63, 3.8) is 0 Å². The monoisotopic (exact) mass is 193 g/mol. The molecule has 0 aromatic rings. The molecule has 0 aromatic carbocycles. The van der Waals surface area contributed by atoms with Crippen molar-refractivity contribution in [1.29, 1.82) is 0 Å². The molecule has 78 valence electrons. The zero-order valence-electron chi connectivity index (χ0n) is 8.65. The number of nitrogens with zero attached hydrogens (tertiary/aromatic N) is 1. The Labute approximate surface area is 86.0 Å². The number of rotatable bonds is 0.